The summed E-state index contributed by atoms with van der Waals surface area (Å²) in [5.74, 6) is -0.0156. The highest BCUT2D eigenvalue weighted by Crippen LogP contribution is 2.26. The lowest BCUT2D eigenvalue weighted by molar-refractivity contribution is -0.118. The van der Waals surface area contributed by atoms with Gasteiger partial charge in [-0.2, -0.15) is 0 Å². The largest absolute Gasteiger partial charge is 0.389 e. The van der Waals surface area contributed by atoms with Crippen LogP contribution in [-0.4, -0.2) is 40.6 Å². The number of rotatable bonds is 4. The van der Waals surface area contributed by atoms with Crippen LogP contribution in [0.5, 0.6) is 0 Å². The van der Waals surface area contributed by atoms with Crippen LogP contribution in [0.3, 0.4) is 0 Å². The van der Waals surface area contributed by atoms with E-state index in [1.807, 2.05) is 39.8 Å². The van der Waals surface area contributed by atoms with E-state index < -0.39 is 5.60 Å². The van der Waals surface area contributed by atoms with Gasteiger partial charge in [0.1, 0.15) is 0 Å². The van der Waals surface area contributed by atoms with Crippen LogP contribution >= 0.6 is 0 Å². The zero-order valence-electron chi connectivity index (χ0n) is 13.4. The van der Waals surface area contributed by atoms with Gasteiger partial charge in [-0.05, 0) is 58.7 Å². The lowest BCUT2D eigenvalue weighted by Gasteiger charge is -2.33. The summed E-state index contributed by atoms with van der Waals surface area (Å²) in [5.41, 5.74) is 2.36. The molecule has 1 aliphatic rings. The highest BCUT2D eigenvalue weighted by Gasteiger charge is 2.36. The number of hydrogen-bond acceptors (Lipinski definition) is 3. The summed E-state index contributed by atoms with van der Waals surface area (Å²) in [6.45, 7) is 8.88. The highest BCUT2D eigenvalue weighted by molar-refractivity contribution is 5.93. The number of likely N-dealkylation sites (tertiary alicyclic amines) is 1. The average Bonchev–Trinajstić information content (AvgIpc) is 2.80. The fourth-order valence-electron chi connectivity index (χ4n) is 3.14. The minimum absolute atomic E-state index is 0.0156. The molecule has 1 aliphatic heterocycles. The first kappa shape index (κ1) is 16.0. The van der Waals surface area contributed by atoms with Gasteiger partial charge in [0.15, 0.2) is 0 Å². The summed E-state index contributed by atoms with van der Waals surface area (Å²) in [5, 5.41) is 13.2. The van der Waals surface area contributed by atoms with E-state index in [0.29, 0.717) is 6.54 Å². The first-order valence-electron chi connectivity index (χ1n) is 7.61. The monoisotopic (exact) mass is 290 g/mol. The molecule has 0 aliphatic carbocycles. The van der Waals surface area contributed by atoms with Crippen molar-refractivity contribution in [3.8, 4) is 0 Å². The molecule has 0 aromatic heterocycles. The Morgan fingerprint density at radius 2 is 2.14 bits per heavy atom. The summed E-state index contributed by atoms with van der Waals surface area (Å²) >= 11 is 0. The molecule has 4 heteroatoms. The maximum Gasteiger partial charge on any atom is 0.238 e. The minimum Gasteiger partial charge on any atom is -0.389 e. The second-order valence-electron chi connectivity index (χ2n) is 6.65. The van der Waals surface area contributed by atoms with E-state index in [0.717, 1.165) is 30.6 Å². The van der Waals surface area contributed by atoms with Crippen molar-refractivity contribution in [3.05, 3.63) is 29.3 Å². The summed E-state index contributed by atoms with van der Waals surface area (Å²) in [6, 6.07) is 6.06. The Bertz CT molecular complexity index is 520. The summed E-state index contributed by atoms with van der Waals surface area (Å²) in [4.78, 5) is 14.3. The van der Waals surface area contributed by atoms with E-state index >= 15 is 0 Å². The average molecular weight is 290 g/mol. The SMILES string of the molecule is Cc1ccc(NC(=O)CN2CCCC2C(C)(C)O)c(C)c1. The van der Waals surface area contributed by atoms with Crippen LogP contribution in [0.15, 0.2) is 18.2 Å². The number of nitrogens with zero attached hydrogens (tertiary/aromatic N) is 1. The number of benzene rings is 1. The number of carbonyl (C=O) groups excluding carboxylic acids is 1. The zero-order valence-corrected chi connectivity index (χ0v) is 13.4. The van der Waals surface area contributed by atoms with Crippen LogP contribution in [0, 0.1) is 13.8 Å². The van der Waals surface area contributed by atoms with Crippen molar-refractivity contribution >= 4 is 11.6 Å². The van der Waals surface area contributed by atoms with E-state index in [2.05, 4.69) is 16.3 Å². The molecule has 0 spiro atoms. The number of aliphatic hydroxyl groups is 1. The lowest BCUT2D eigenvalue weighted by Crippen LogP contribution is -2.48. The number of nitrogens with one attached hydrogen (secondary N) is 1. The van der Waals surface area contributed by atoms with Crippen molar-refractivity contribution in [2.75, 3.05) is 18.4 Å². The van der Waals surface area contributed by atoms with Gasteiger partial charge in [0, 0.05) is 11.7 Å². The van der Waals surface area contributed by atoms with Gasteiger partial charge in [0.05, 0.1) is 12.1 Å². The van der Waals surface area contributed by atoms with Crippen LogP contribution < -0.4 is 5.32 Å². The normalized spacial score (nSPS) is 19.8. The predicted octanol–water partition coefficient (Wildman–Crippen LogP) is 2.48. The molecule has 1 unspecified atom stereocenters. The molecule has 2 rings (SSSR count). The third kappa shape index (κ3) is 4.05. The van der Waals surface area contributed by atoms with Crippen LogP contribution in [0.2, 0.25) is 0 Å². The number of anilines is 1. The Hall–Kier alpha value is -1.39. The van der Waals surface area contributed by atoms with Crippen LogP contribution in [0.4, 0.5) is 5.69 Å². The van der Waals surface area contributed by atoms with Gasteiger partial charge in [-0.3, -0.25) is 9.69 Å². The van der Waals surface area contributed by atoms with E-state index in [1.54, 1.807) is 0 Å². The quantitative estimate of drug-likeness (QED) is 0.895. The van der Waals surface area contributed by atoms with E-state index in [1.165, 1.54) is 5.56 Å². The van der Waals surface area contributed by atoms with Gasteiger partial charge < -0.3 is 10.4 Å². The van der Waals surface area contributed by atoms with Crippen LogP contribution in [-0.2, 0) is 4.79 Å². The fraction of sp³-hybridized carbons (Fsp3) is 0.588. The van der Waals surface area contributed by atoms with Crippen molar-refractivity contribution in [1.82, 2.24) is 4.90 Å². The zero-order chi connectivity index (χ0) is 15.6. The van der Waals surface area contributed by atoms with Crippen molar-refractivity contribution in [1.29, 1.82) is 0 Å². The van der Waals surface area contributed by atoms with Gasteiger partial charge in [0.2, 0.25) is 5.91 Å². The summed E-state index contributed by atoms with van der Waals surface area (Å²) in [7, 11) is 0. The third-order valence-corrected chi connectivity index (χ3v) is 4.18. The Labute approximate surface area is 127 Å². The molecule has 21 heavy (non-hydrogen) atoms. The molecule has 116 valence electrons. The molecular weight excluding hydrogens is 264 g/mol. The smallest absolute Gasteiger partial charge is 0.238 e. The summed E-state index contributed by atoms with van der Waals surface area (Å²) < 4.78 is 0. The topological polar surface area (TPSA) is 52.6 Å². The van der Waals surface area contributed by atoms with Crippen molar-refractivity contribution in [2.45, 2.75) is 52.2 Å². The Balaban J connectivity index is 1.98. The molecule has 1 atom stereocenters. The Morgan fingerprint density at radius 1 is 1.43 bits per heavy atom. The first-order valence-corrected chi connectivity index (χ1v) is 7.61. The predicted molar refractivity (Wildman–Crippen MR) is 85.4 cm³/mol. The number of carbonyl (C=O) groups is 1. The first-order chi connectivity index (χ1) is 9.77. The molecule has 1 amide bonds. The number of aryl methyl sites for hydroxylation is 2. The molecule has 2 N–H and O–H groups in total. The Kier molecular flexibility index (Phi) is 4.69. The van der Waals surface area contributed by atoms with Gasteiger partial charge in [-0.25, -0.2) is 0 Å². The molecule has 0 bridgehead atoms. The van der Waals surface area contributed by atoms with Gasteiger partial charge in [-0.1, -0.05) is 17.7 Å². The summed E-state index contributed by atoms with van der Waals surface area (Å²) in [6.07, 6.45) is 1.98. The van der Waals surface area contributed by atoms with Gasteiger partial charge in [0.25, 0.3) is 0 Å². The maximum atomic E-state index is 12.2. The van der Waals surface area contributed by atoms with E-state index in [4.69, 9.17) is 0 Å². The maximum absolute atomic E-state index is 12.2. The van der Waals surface area contributed by atoms with Crippen molar-refractivity contribution < 1.29 is 9.90 Å². The highest BCUT2D eigenvalue weighted by atomic mass is 16.3. The number of hydrogen-bond donors (Lipinski definition) is 2. The van der Waals surface area contributed by atoms with Crippen molar-refractivity contribution in [3.63, 3.8) is 0 Å². The molecule has 4 nitrogen and oxygen atoms in total. The van der Waals surface area contributed by atoms with Crippen molar-refractivity contribution in [2.24, 2.45) is 0 Å². The molecule has 1 fully saturated rings. The third-order valence-electron chi connectivity index (χ3n) is 4.18. The number of amides is 1. The van der Waals surface area contributed by atoms with E-state index in [9.17, 15) is 9.90 Å². The Morgan fingerprint density at radius 3 is 2.76 bits per heavy atom. The lowest BCUT2D eigenvalue weighted by atomic mass is 9.97. The van der Waals surface area contributed by atoms with Crippen LogP contribution in [0.25, 0.3) is 0 Å². The van der Waals surface area contributed by atoms with E-state index in [-0.39, 0.29) is 11.9 Å². The minimum atomic E-state index is -0.767. The second kappa shape index (κ2) is 6.16. The standard InChI is InChI=1S/C17H26N2O2/c1-12-7-8-14(13(2)10-12)18-16(20)11-19-9-5-6-15(19)17(3,4)21/h7-8,10,15,21H,5-6,9,11H2,1-4H3,(H,18,20). The molecule has 1 aromatic rings. The fourth-order valence-corrected chi connectivity index (χ4v) is 3.14. The van der Waals surface area contributed by atoms with Crippen LogP contribution in [0.1, 0.15) is 37.8 Å². The molecule has 1 saturated heterocycles. The molecule has 1 aromatic carbocycles. The van der Waals surface area contributed by atoms with Gasteiger partial charge >= 0.3 is 0 Å². The molecule has 1 heterocycles. The molecular formula is C17H26N2O2. The molecule has 0 saturated carbocycles. The second-order valence-corrected chi connectivity index (χ2v) is 6.65. The van der Waals surface area contributed by atoms with Gasteiger partial charge in [-0.15, -0.1) is 0 Å². The molecule has 0 radical (unpaired) electrons.